The summed E-state index contributed by atoms with van der Waals surface area (Å²) in [6.07, 6.45) is 1.08. The van der Waals surface area contributed by atoms with E-state index in [1.165, 1.54) is 6.07 Å². The molecule has 0 spiro atoms. The second-order valence-electron chi connectivity index (χ2n) is 6.17. The fraction of sp³-hybridized carbons (Fsp3) is 0.588. The van der Waals surface area contributed by atoms with Crippen LogP contribution >= 0.6 is 0 Å². The molecule has 2 heterocycles. The normalized spacial score (nSPS) is 22.9. The molecule has 0 aliphatic carbocycles. The molecule has 24 heavy (non-hydrogen) atoms. The molecule has 0 radical (unpaired) electrons. The summed E-state index contributed by atoms with van der Waals surface area (Å²) < 4.78 is 32.4. The summed E-state index contributed by atoms with van der Waals surface area (Å²) in [4.78, 5) is 8.93. The fourth-order valence-corrected chi connectivity index (χ4v) is 3.36. The molecule has 5 nitrogen and oxygen atoms in total. The number of morpholine rings is 1. The van der Waals surface area contributed by atoms with E-state index in [1.807, 2.05) is 0 Å². The molecule has 0 aromatic heterocycles. The van der Waals surface area contributed by atoms with Crippen LogP contribution in [0.2, 0.25) is 0 Å². The smallest absolute Gasteiger partial charge is 0.193 e. The SMILES string of the molecule is CN=C(NCc1cc(F)ccc1F)N1CCC(N2CCOCC2)C1. The molecule has 1 N–H and O–H groups in total. The minimum absolute atomic E-state index is 0.217. The number of ether oxygens (including phenoxy) is 1. The Morgan fingerprint density at radius 2 is 2.08 bits per heavy atom. The zero-order chi connectivity index (χ0) is 16.9. The zero-order valence-electron chi connectivity index (χ0n) is 14.0. The highest BCUT2D eigenvalue weighted by atomic mass is 19.1. The van der Waals surface area contributed by atoms with Crippen LogP contribution in [0.15, 0.2) is 23.2 Å². The van der Waals surface area contributed by atoms with Gasteiger partial charge in [-0.25, -0.2) is 8.78 Å². The summed E-state index contributed by atoms with van der Waals surface area (Å²) in [7, 11) is 1.71. The van der Waals surface area contributed by atoms with E-state index in [0.717, 1.165) is 63.9 Å². The van der Waals surface area contributed by atoms with Gasteiger partial charge in [0.25, 0.3) is 0 Å². The standard InChI is InChI=1S/C17H24F2N4O/c1-20-17(21-11-13-10-14(18)2-3-16(13)19)23-5-4-15(12-23)22-6-8-24-9-7-22/h2-3,10,15H,4-9,11-12H2,1H3,(H,20,21). The van der Waals surface area contributed by atoms with Crippen LogP contribution in [0.25, 0.3) is 0 Å². The molecular weight excluding hydrogens is 314 g/mol. The van der Waals surface area contributed by atoms with Gasteiger partial charge >= 0.3 is 0 Å². The minimum Gasteiger partial charge on any atom is -0.379 e. The van der Waals surface area contributed by atoms with Gasteiger partial charge in [-0.3, -0.25) is 9.89 Å². The van der Waals surface area contributed by atoms with Crippen molar-refractivity contribution in [2.75, 3.05) is 46.4 Å². The van der Waals surface area contributed by atoms with Crippen molar-refractivity contribution in [1.82, 2.24) is 15.1 Å². The maximum Gasteiger partial charge on any atom is 0.193 e. The van der Waals surface area contributed by atoms with Crippen LogP contribution in [-0.2, 0) is 11.3 Å². The Morgan fingerprint density at radius 1 is 1.29 bits per heavy atom. The van der Waals surface area contributed by atoms with Gasteiger partial charge in [0.1, 0.15) is 11.6 Å². The van der Waals surface area contributed by atoms with Crippen LogP contribution in [0.1, 0.15) is 12.0 Å². The zero-order valence-corrected chi connectivity index (χ0v) is 14.0. The highest BCUT2D eigenvalue weighted by Crippen LogP contribution is 2.17. The lowest BCUT2D eigenvalue weighted by Crippen LogP contribution is -2.46. The quantitative estimate of drug-likeness (QED) is 0.669. The molecule has 2 saturated heterocycles. The average Bonchev–Trinajstić information content (AvgIpc) is 3.09. The molecule has 1 atom stereocenters. The topological polar surface area (TPSA) is 40.1 Å². The van der Waals surface area contributed by atoms with Crippen LogP contribution in [0.5, 0.6) is 0 Å². The van der Waals surface area contributed by atoms with Gasteiger partial charge < -0.3 is 15.0 Å². The lowest BCUT2D eigenvalue weighted by Gasteiger charge is -2.32. The molecule has 2 fully saturated rings. The largest absolute Gasteiger partial charge is 0.379 e. The van der Waals surface area contributed by atoms with Crippen molar-refractivity contribution in [2.45, 2.75) is 19.0 Å². The summed E-state index contributed by atoms with van der Waals surface area (Å²) >= 11 is 0. The van der Waals surface area contributed by atoms with Gasteiger partial charge in [0, 0.05) is 51.4 Å². The van der Waals surface area contributed by atoms with Crippen molar-refractivity contribution in [2.24, 2.45) is 4.99 Å². The Bertz CT molecular complexity index is 590. The number of nitrogens with zero attached hydrogens (tertiary/aromatic N) is 3. The van der Waals surface area contributed by atoms with Gasteiger partial charge in [-0.2, -0.15) is 0 Å². The molecular formula is C17H24F2N4O. The Hall–Kier alpha value is -1.73. The van der Waals surface area contributed by atoms with Crippen LogP contribution in [0, 0.1) is 11.6 Å². The number of benzene rings is 1. The van der Waals surface area contributed by atoms with E-state index >= 15 is 0 Å². The highest BCUT2D eigenvalue weighted by molar-refractivity contribution is 5.80. The van der Waals surface area contributed by atoms with Crippen molar-refractivity contribution in [1.29, 1.82) is 0 Å². The summed E-state index contributed by atoms with van der Waals surface area (Å²) in [5.41, 5.74) is 0.306. The first-order valence-corrected chi connectivity index (χ1v) is 8.38. The number of rotatable bonds is 3. The van der Waals surface area contributed by atoms with Crippen molar-refractivity contribution in [3.8, 4) is 0 Å². The van der Waals surface area contributed by atoms with Crippen LogP contribution in [0.4, 0.5) is 8.78 Å². The molecule has 1 aromatic rings. The molecule has 3 rings (SSSR count). The van der Waals surface area contributed by atoms with Gasteiger partial charge in [0.05, 0.1) is 13.2 Å². The van der Waals surface area contributed by atoms with Gasteiger partial charge in [-0.1, -0.05) is 0 Å². The Kier molecular flexibility index (Phi) is 5.63. The number of hydrogen-bond acceptors (Lipinski definition) is 3. The number of aliphatic imine (C=N–C) groups is 1. The van der Waals surface area contributed by atoms with E-state index in [4.69, 9.17) is 4.74 Å². The molecule has 0 saturated carbocycles. The van der Waals surface area contributed by atoms with Crippen molar-refractivity contribution in [3.05, 3.63) is 35.4 Å². The third-order valence-electron chi connectivity index (χ3n) is 4.68. The maximum atomic E-state index is 13.7. The van der Waals surface area contributed by atoms with Gasteiger partial charge in [-0.15, -0.1) is 0 Å². The Balaban J connectivity index is 1.56. The van der Waals surface area contributed by atoms with Gasteiger partial charge in [-0.05, 0) is 24.6 Å². The monoisotopic (exact) mass is 338 g/mol. The number of nitrogens with one attached hydrogen (secondary N) is 1. The second kappa shape index (κ2) is 7.90. The van der Waals surface area contributed by atoms with Crippen molar-refractivity contribution in [3.63, 3.8) is 0 Å². The van der Waals surface area contributed by atoms with E-state index in [-0.39, 0.29) is 6.54 Å². The first kappa shape index (κ1) is 17.1. The fourth-order valence-electron chi connectivity index (χ4n) is 3.36. The number of guanidine groups is 1. The highest BCUT2D eigenvalue weighted by Gasteiger charge is 2.30. The molecule has 0 bridgehead atoms. The summed E-state index contributed by atoms with van der Waals surface area (Å²) in [6, 6.07) is 4.00. The van der Waals surface area contributed by atoms with Gasteiger partial charge in [0.2, 0.25) is 0 Å². The summed E-state index contributed by atoms with van der Waals surface area (Å²) in [5.74, 6) is -0.113. The average molecular weight is 338 g/mol. The van der Waals surface area contributed by atoms with Gasteiger partial charge in [0.15, 0.2) is 5.96 Å². The third-order valence-corrected chi connectivity index (χ3v) is 4.68. The number of hydrogen-bond donors (Lipinski definition) is 1. The van der Waals surface area contributed by atoms with Crippen LogP contribution in [-0.4, -0.2) is 68.2 Å². The minimum atomic E-state index is -0.434. The van der Waals surface area contributed by atoms with Crippen molar-refractivity contribution >= 4 is 5.96 Å². The van der Waals surface area contributed by atoms with E-state index in [9.17, 15) is 8.78 Å². The molecule has 2 aliphatic heterocycles. The van der Waals surface area contributed by atoms with E-state index in [1.54, 1.807) is 7.05 Å². The molecule has 7 heteroatoms. The van der Waals surface area contributed by atoms with E-state index < -0.39 is 11.6 Å². The molecule has 0 amide bonds. The third kappa shape index (κ3) is 4.02. The first-order valence-electron chi connectivity index (χ1n) is 8.38. The van der Waals surface area contributed by atoms with Crippen LogP contribution < -0.4 is 5.32 Å². The van der Waals surface area contributed by atoms with E-state index in [2.05, 4.69) is 20.1 Å². The van der Waals surface area contributed by atoms with E-state index in [0.29, 0.717) is 11.6 Å². The predicted molar refractivity (Wildman–Crippen MR) is 88.9 cm³/mol. The summed E-state index contributed by atoms with van der Waals surface area (Å²) in [5, 5.41) is 3.15. The number of halogens is 2. The Morgan fingerprint density at radius 3 is 2.83 bits per heavy atom. The molecule has 132 valence electrons. The Labute approximate surface area is 141 Å². The predicted octanol–water partition coefficient (Wildman–Crippen LogP) is 1.45. The molecule has 1 aromatic carbocycles. The lowest BCUT2D eigenvalue weighted by molar-refractivity contribution is 0.0195. The number of likely N-dealkylation sites (tertiary alicyclic amines) is 1. The van der Waals surface area contributed by atoms with Crippen LogP contribution in [0.3, 0.4) is 0 Å². The molecule has 1 unspecified atom stereocenters. The first-order chi connectivity index (χ1) is 11.7. The maximum absolute atomic E-state index is 13.7. The lowest BCUT2D eigenvalue weighted by atomic mass is 10.2. The second-order valence-corrected chi connectivity index (χ2v) is 6.17. The molecule has 2 aliphatic rings. The summed E-state index contributed by atoms with van der Waals surface area (Å²) in [6.45, 7) is 5.55. The van der Waals surface area contributed by atoms with Crippen molar-refractivity contribution < 1.29 is 13.5 Å².